The molecule has 4 N–H and O–H groups in total. The van der Waals surface area contributed by atoms with E-state index in [4.69, 9.17) is 28.9 Å². The molecule has 0 aromatic heterocycles. The molecule has 0 aromatic carbocycles. The molecule has 3 fully saturated rings. The van der Waals surface area contributed by atoms with Gasteiger partial charge in [0.15, 0.2) is 0 Å². The number of carbonyl (C=O) groups excluding carboxylic acids is 2. The third-order valence-electron chi connectivity index (χ3n) is 6.34. The minimum atomic E-state index is -0.511. The number of alkyl halides is 2. The van der Waals surface area contributed by atoms with Crippen molar-refractivity contribution < 1.29 is 14.7 Å². The maximum atomic E-state index is 12.7. The standard InChI is InChI=1S/C18H29Cl2N3O3/c19-13-8-12(15(24)9-14(13)20)17(21)10-2-5-23(6-3-10)18(26)11-1-4-22-16(25)7-11/h10-15,17,24H,1-9,21H2,(H,22,25)/t11?,12?,13?,14?,15?,17-/m1/s1. The first-order chi connectivity index (χ1) is 12.4. The molecule has 26 heavy (non-hydrogen) atoms. The molecular weight excluding hydrogens is 377 g/mol. The number of nitrogens with one attached hydrogen (secondary N) is 1. The molecule has 0 aromatic rings. The molecule has 1 saturated carbocycles. The summed E-state index contributed by atoms with van der Waals surface area (Å²) in [6, 6.07) is -0.131. The van der Waals surface area contributed by atoms with E-state index >= 15 is 0 Å². The Labute approximate surface area is 164 Å². The highest BCUT2D eigenvalue weighted by Gasteiger charge is 2.41. The number of nitrogens with zero attached hydrogens (tertiary/aromatic N) is 1. The first kappa shape index (κ1) is 20.2. The fraction of sp³-hybridized carbons (Fsp3) is 0.889. The summed E-state index contributed by atoms with van der Waals surface area (Å²) in [6.07, 6.45) is 3.27. The number of halogens is 2. The van der Waals surface area contributed by atoms with E-state index in [2.05, 4.69) is 5.32 Å². The lowest BCUT2D eigenvalue weighted by molar-refractivity contribution is -0.141. The normalized spacial score (nSPS) is 37.9. The number of hydrogen-bond donors (Lipinski definition) is 3. The molecule has 0 radical (unpaired) electrons. The highest BCUT2D eigenvalue weighted by molar-refractivity contribution is 6.30. The fourth-order valence-electron chi connectivity index (χ4n) is 4.64. The fourth-order valence-corrected chi connectivity index (χ4v) is 5.23. The Morgan fingerprint density at radius 2 is 1.85 bits per heavy atom. The van der Waals surface area contributed by atoms with Crippen molar-refractivity contribution >= 4 is 35.0 Å². The molecular formula is C18H29Cl2N3O3. The summed E-state index contributed by atoms with van der Waals surface area (Å²) >= 11 is 12.4. The summed E-state index contributed by atoms with van der Waals surface area (Å²) in [4.78, 5) is 26.0. The number of amides is 2. The molecule has 3 aliphatic rings. The van der Waals surface area contributed by atoms with Gasteiger partial charge in [-0.3, -0.25) is 9.59 Å². The zero-order chi connectivity index (χ0) is 18.8. The molecule has 0 spiro atoms. The summed E-state index contributed by atoms with van der Waals surface area (Å²) in [5.41, 5.74) is 6.49. The summed E-state index contributed by atoms with van der Waals surface area (Å²) in [5, 5.41) is 12.8. The number of aliphatic hydroxyl groups is 1. The lowest BCUT2D eigenvalue weighted by Crippen LogP contribution is -2.52. The second-order valence-corrected chi connectivity index (χ2v) is 9.14. The van der Waals surface area contributed by atoms with Crippen LogP contribution in [0.1, 0.15) is 38.5 Å². The van der Waals surface area contributed by atoms with Gasteiger partial charge < -0.3 is 21.1 Å². The van der Waals surface area contributed by atoms with Crippen LogP contribution in [0.15, 0.2) is 0 Å². The molecule has 6 nitrogen and oxygen atoms in total. The van der Waals surface area contributed by atoms with Gasteiger partial charge in [0.1, 0.15) is 0 Å². The van der Waals surface area contributed by atoms with Crippen molar-refractivity contribution in [3.05, 3.63) is 0 Å². The average Bonchev–Trinajstić information content (AvgIpc) is 2.63. The highest BCUT2D eigenvalue weighted by Crippen LogP contribution is 2.37. The van der Waals surface area contributed by atoms with E-state index in [1.54, 1.807) is 0 Å². The minimum absolute atomic E-state index is 0.0361. The van der Waals surface area contributed by atoms with E-state index in [0.29, 0.717) is 38.9 Å². The zero-order valence-corrected chi connectivity index (χ0v) is 16.5. The average molecular weight is 406 g/mol. The number of nitrogens with two attached hydrogens (primary N) is 1. The smallest absolute Gasteiger partial charge is 0.226 e. The van der Waals surface area contributed by atoms with Crippen LogP contribution in [0.3, 0.4) is 0 Å². The SMILES string of the molecule is N[C@H](C1CCN(C(=O)C2CCNC(=O)C2)CC1)C1CC(Cl)C(Cl)CC1O. The third-order valence-corrected chi connectivity index (χ3v) is 7.43. The lowest BCUT2D eigenvalue weighted by atomic mass is 9.74. The number of aliphatic hydroxyl groups excluding tert-OH is 1. The van der Waals surface area contributed by atoms with E-state index in [1.807, 2.05) is 4.90 Å². The molecule has 0 bridgehead atoms. The van der Waals surface area contributed by atoms with E-state index < -0.39 is 6.10 Å². The van der Waals surface area contributed by atoms with Gasteiger partial charge in [-0.2, -0.15) is 0 Å². The van der Waals surface area contributed by atoms with Crippen LogP contribution in [0.2, 0.25) is 0 Å². The Morgan fingerprint density at radius 1 is 1.19 bits per heavy atom. The van der Waals surface area contributed by atoms with Gasteiger partial charge in [-0.15, -0.1) is 23.2 Å². The molecule has 2 saturated heterocycles. The van der Waals surface area contributed by atoms with Crippen molar-refractivity contribution in [2.75, 3.05) is 19.6 Å². The van der Waals surface area contributed by atoms with Crippen molar-refractivity contribution in [1.82, 2.24) is 10.2 Å². The zero-order valence-electron chi connectivity index (χ0n) is 14.9. The number of rotatable bonds is 3. The van der Waals surface area contributed by atoms with Crippen LogP contribution in [-0.2, 0) is 9.59 Å². The van der Waals surface area contributed by atoms with Gasteiger partial charge in [-0.25, -0.2) is 0 Å². The number of likely N-dealkylation sites (tertiary alicyclic amines) is 1. The largest absolute Gasteiger partial charge is 0.393 e. The van der Waals surface area contributed by atoms with Crippen molar-refractivity contribution in [2.24, 2.45) is 23.5 Å². The van der Waals surface area contributed by atoms with Crippen LogP contribution >= 0.6 is 23.2 Å². The Morgan fingerprint density at radius 3 is 2.50 bits per heavy atom. The molecule has 5 unspecified atom stereocenters. The summed E-state index contributed by atoms with van der Waals surface area (Å²) in [5.74, 6) is 0.0964. The van der Waals surface area contributed by atoms with Gasteiger partial charge in [0, 0.05) is 43.9 Å². The molecule has 3 rings (SSSR count). The van der Waals surface area contributed by atoms with Gasteiger partial charge >= 0.3 is 0 Å². The summed E-state index contributed by atoms with van der Waals surface area (Å²) in [6.45, 7) is 1.92. The predicted octanol–water partition coefficient (Wildman–Crippen LogP) is 1.06. The van der Waals surface area contributed by atoms with Crippen LogP contribution in [0.5, 0.6) is 0 Å². The van der Waals surface area contributed by atoms with Gasteiger partial charge in [-0.1, -0.05) is 0 Å². The highest BCUT2D eigenvalue weighted by atomic mass is 35.5. The number of hydrogen-bond acceptors (Lipinski definition) is 4. The quantitative estimate of drug-likeness (QED) is 0.611. The van der Waals surface area contributed by atoms with Crippen LogP contribution in [0.4, 0.5) is 0 Å². The molecule has 2 heterocycles. The third kappa shape index (κ3) is 4.46. The topological polar surface area (TPSA) is 95.7 Å². The van der Waals surface area contributed by atoms with E-state index in [9.17, 15) is 14.7 Å². The van der Waals surface area contributed by atoms with Gasteiger partial charge in [-0.05, 0) is 38.0 Å². The van der Waals surface area contributed by atoms with Gasteiger partial charge in [0.05, 0.1) is 16.9 Å². The Hall–Kier alpha value is -0.560. The molecule has 2 aliphatic heterocycles. The summed E-state index contributed by atoms with van der Waals surface area (Å²) in [7, 11) is 0. The minimum Gasteiger partial charge on any atom is -0.393 e. The van der Waals surface area contributed by atoms with Crippen molar-refractivity contribution in [3.63, 3.8) is 0 Å². The van der Waals surface area contributed by atoms with Crippen LogP contribution in [-0.4, -0.2) is 64.4 Å². The lowest BCUT2D eigenvalue weighted by Gasteiger charge is -2.43. The first-order valence-electron chi connectivity index (χ1n) is 9.64. The predicted molar refractivity (Wildman–Crippen MR) is 101 cm³/mol. The monoisotopic (exact) mass is 405 g/mol. The maximum Gasteiger partial charge on any atom is 0.226 e. The maximum absolute atomic E-state index is 12.7. The van der Waals surface area contributed by atoms with Gasteiger partial charge in [0.2, 0.25) is 11.8 Å². The van der Waals surface area contributed by atoms with Crippen LogP contribution in [0, 0.1) is 17.8 Å². The van der Waals surface area contributed by atoms with Crippen molar-refractivity contribution in [3.8, 4) is 0 Å². The number of carbonyl (C=O) groups is 2. The van der Waals surface area contributed by atoms with Crippen molar-refractivity contribution in [1.29, 1.82) is 0 Å². The number of piperidine rings is 2. The van der Waals surface area contributed by atoms with Crippen LogP contribution < -0.4 is 11.1 Å². The Balaban J connectivity index is 1.51. The Bertz CT molecular complexity index is 528. The Kier molecular flexibility index (Phi) is 6.70. The van der Waals surface area contributed by atoms with E-state index in [-0.39, 0.29) is 46.4 Å². The molecule has 148 valence electrons. The molecule has 1 aliphatic carbocycles. The molecule has 2 amide bonds. The molecule has 6 atom stereocenters. The molecule has 8 heteroatoms. The first-order valence-corrected chi connectivity index (χ1v) is 10.5. The van der Waals surface area contributed by atoms with Crippen LogP contribution in [0.25, 0.3) is 0 Å². The van der Waals surface area contributed by atoms with Gasteiger partial charge in [0.25, 0.3) is 0 Å². The van der Waals surface area contributed by atoms with E-state index in [0.717, 1.165) is 19.3 Å². The second kappa shape index (κ2) is 8.63. The summed E-state index contributed by atoms with van der Waals surface area (Å²) < 4.78 is 0. The second-order valence-electron chi connectivity index (χ2n) is 8.01. The van der Waals surface area contributed by atoms with E-state index in [1.165, 1.54) is 0 Å². The van der Waals surface area contributed by atoms with Crippen molar-refractivity contribution in [2.45, 2.75) is 61.4 Å².